The number of nitrogens with zero attached hydrogens (tertiary/aromatic N) is 1. The van der Waals surface area contributed by atoms with E-state index in [4.69, 9.17) is 0 Å². The van der Waals surface area contributed by atoms with Gasteiger partial charge in [-0.3, -0.25) is 0 Å². The summed E-state index contributed by atoms with van der Waals surface area (Å²) in [6.45, 7) is 20.7. The maximum absolute atomic E-state index is 2.90. The first-order valence-corrected chi connectivity index (χ1v) is 13.7. The molecule has 0 aliphatic carbocycles. The quantitative estimate of drug-likeness (QED) is 0.171. The molecule has 0 aromatic rings. The predicted octanol–water partition coefficient (Wildman–Crippen LogP) is 9.35. The number of unbranched alkanes of at least 4 members (excludes halogenated alkanes) is 3. The van der Waals surface area contributed by atoms with Gasteiger partial charge in [0.1, 0.15) is 0 Å². The molecule has 0 spiro atoms. The standard InChI is InChI=1S/C28H59N/c1-8-12-14-20-28(16-10-3)24-29(23-27(11-4)19-13-9-2)22-21-26(7)18-15-17-25(5)6/h25-28H,8-24H2,1-7H3. The van der Waals surface area contributed by atoms with Gasteiger partial charge in [0.25, 0.3) is 0 Å². The van der Waals surface area contributed by atoms with Gasteiger partial charge in [-0.05, 0) is 55.9 Å². The summed E-state index contributed by atoms with van der Waals surface area (Å²) < 4.78 is 0. The Hall–Kier alpha value is -0.0400. The highest BCUT2D eigenvalue weighted by Crippen LogP contribution is 2.22. The molecular weight excluding hydrogens is 350 g/mol. The number of hydrogen-bond acceptors (Lipinski definition) is 1. The first-order chi connectivity index (χ1) is 14.0. The molecule has 3 atom stereocenters. The molecule has 3 unspecified atom stereocenters. The molecule has 0 bridgehead atoms. The van der Waals surface area contributed by atoms with E-state index in [-0.39, 0.29) is 0 Å². The van der Waals surface area contributed by atoms with Crippen LogP contribution in [0.1, 0.15) is 138 Å². The lowest BCUT2D eigenvalue weighted by molar-refractivity contribution is 0.168. The third-order valence-corrected chi connectivity index (χ3v) is 6.91. The van der Waals surface area contributed by atoms with E-state index in [1.165, 1.54) is 110 Å². The highest BCUT2D eigenvalue weighted by atomic mass is 15.1. The average Bonchev–Trinajstić information content (AvgIpc) is 2.69. The minimum Gasteiger partial charge on any atom is -0.303 e. The highest BCUT2D eigenvalue weighted by molar-refractivity contribution is 4.72. The summed E-state index contributed by atoms with van der Waals surface area (Å²) in [6, 6.07) is 0. The molecule has 0 radical (unpaired) electrons. The van der Waals surface area contributed by atoms with E-state index in [2.05, 4.69) is 53.4 Å². The lowest BCUT2D eigenvalue weighted by Gasteiger charge is -2.32. The van der Waals surface area contributed by atoms with Crippen molar-refractivity contribution >= 4 is 0 Å². The molecular formula is C28H59N. The number of hydrogen-bond donors (Lipinski definition) is 0. The second kappa shape index (κ2) is 19.9. The molecule has 0 N–H and O–H groups in total. The van der Waals surface area contributed by atoms with Gasteiger partial charge in [-0.25, -0.2) is 0 Å². The second-order valence-corrected chi connectivity index (χ2v) is 10.5. The predicted molar refractivity (Wildman–Crippen MR) is 135 cm³/mol. The fourth-order valence-corrected chi connectivity index (χ4v) is 4.74. The highest BCUT2D eigenvalue weighted by Gasteiger charge is 2.18. The van der Waals surface area contributed by atoms with Gasteiger partial charge in [-0.15, -0.1) is 0 Å². The fourth-order valence-electron chi connectivity index (χ4n) is 4.74. The van der Waals surface area contributed by atoms with Gasteiger partial charge in [0.2, 0.25) is 0 Å². The molecule has 0 fully saturated rings. The normalized spacial score (nSPS) is 15.2. The van der Waals surface area contributed by atoms with Gasteiger partial charge in [-0.1, -0.05) is 113 Å². The molecule has 0 aromatic heterocycles. The van der Waals surface area contributed by atoms with Crippen LogP contribution in [0.2, 0.25) is 0 Å². The summed E-state index contributed by atoms with van der Waals surface area (Å²) >= 11 is 0. The van der Waals surface area contributed by atoms with Gasteiger partial charge in [-0.2, -0.15) is 0 Å². The smallest absolute Gasteiger partial charge is 0.000977 e. The molecule has 0 amide bonds. The zero-order chi connectivity index (χ0) is 21.9. The Morgan fingerprint density at radius 1 is 0.552 bits per heavy atom. The van der Waals surface area contributed by atoms with Crippen molar-refractivity contribution in [3.63, 3.8) is 0 Å². The lowest BCUT2D eigenvalue weighted by atomic mass is 9.93. The molecule has 176 valence electrons. The molecule has 29 heavy (non-hydrogen) atoms. The van der Waals surface area contributed by atoms with E-state index in [1.807, 2.05) is 0 Å². The van der Waals surface area contributed by atoms with Crippen molar-refractivity contribution in [1.82, 2.24) is 4.90 Å². The van der Waals surface area contributed by atoms with Crippen LogP contribution >= 0.6 is 0 Å². The summed E-state index contributed by atoms with van der Waals surface area (Å²) in [5.41, 5.74) is 0. The van der Waals surface area contributed by atoms with Crippen molar-refractivity contribution in [2.75, 3.05) is 19.6 Å². The molecule has 1 nitrogen and oxygen atoms in total. The minimum atomic E-state index is 0.862. The summed E-state index contributed by atoms with van der Waals surface area (Å²) in [4.78, 5) is 2.90. The molecule has 0 aliphatic heterocycles. The van der Waals surface area contributed by atoms with Crippen molar-refractivity contribution in [2.45, 2.75) is 138 Å². The topological polar surface area (TPSA) is 3.24 Å². The second-order valence-electron chi connectivity index (χ2n) is 10.5. The summed E-state index contributed by atoms with van der Waals surface area (Å²) in [7, 11) is 0. The van der Waals surface area contributed by atoms with Crippen LogP contribution in [0.25, 0.3) is 0 Å². The van der Waals surface area contributed by atoms with Gasteiger partial charge in [0, 0.05) is 13.1 Å². The van der Waals surface area contributed by atoms with Crippen molar-refractivity contribution in [3.8, 4) is 0 Å². The Morgan fingerprint density at radius 3 is 1.79 bits per heavy atom. The van der Waals surface area contributed by atoms with Crippen molar-refractivity contribution < 1.29 is 0 Å². The molecule has 0 heterocycles. The first kappa shape index (κ1) is 29.0. The van der Waals surface area contributed by atoms with Crippen LogP contribution in [0.15, 0.2) is 0 Å². The molecule has 0 saturated carbocycles. The number of rotatable bonds is 21. The fraction of sp³-hybridized carbons (Fsp3) is 1.00. The monoisotopic (exact) mass is 409 g/mol. The maximum atomic E-state index is 2.90. The van der Waals surface area contributed by atoms with E-state index in [0.717, 1.165) is 23.7 Å². The Kier molecular flexibility index (Phi) is 19.9. The first-order valence-electron chi connectivity index (χ1n) is 13.7. The third kappa shape index (κ3) is 17.3. The maximum Gasteiger partial charge on any atom is 0.000977 e. The van der Waals surface area contributed by atoms with E-state index < -0.39 is 0 Å². The SMILES string of the molecule is CCCCCC(CCC)CN(CCC(C)CCCC(C)C)CC(CC)CCCC. The van der Waals surface area contributed by atoms with Crippen LogP contribution in [0.3, 0.4) is 0 Å². The molecule has 0 aromatic carbocycles. The Labute approximate surface area is 186 Å². The van der Waals surface area contributed by atoms with E-state index in [0.29, 0.717) is 0 Å². The summed E-state index contributed by atoms with van der Waals surface area (Å²) in [6.07, 6.45) is 19.6. The third-order valence-electron chi connectivity index (χ3n) is 6.91. The van der Waals surface area contributed by atoms with Crippen molar-refractivity contribution in [3.05, 3.63) is 0 Å². The molecule has 0 rings (SSSR count). The lowest BCUT2D eigenvalue weighted by Crippen LogP contribution is -2.35. The van der Waals surface area contributed by atoms with Gasteiger partial charge >= 0.3 is 0 Å². The van der Waals surface area contributed by atoms with Crippen LogP contribution in [0, 0.1) is 23.7 Å². The van der Waals surface area contributed by atoms with Gasteiger partial charge in [0.15, 0.2) is 0 Å². The Balaban J connectivity index is 4.74. The zero-order valence-electron chi connectivity index (χ0n) is 21.8. The minimum absolute atomic E-state index is 0.862. The summed E-state index contributed by atoms with van der Waals surface area (Å²) in [5.74, 6) is 3.58. The van der Waals surface area contributed by atoms with Crippen LogP contribution < -0.4 is 0 Å². The average molecular weight is 410 g/mol. The zero-order valence-corrected chi connectivity index (χ0v) is 21.8. The molecule has 1 heteroatoms. The van der Waals surface area contributed by atoms with E-state index >= 15 is 0 Å². The van der Waals surface area contributed by atoms with Gasteiger partial charge in [0.05, 0.1) is 0 Å². The Morgan fingerprint density at radius 2 is 1.21 bits per heavy atom. The van der Waals surface area contributed by atoms with Crippen molar-refractivity contribution in [1.29, 1.82) is 0 Å². The largest absolute Gasteiger partial charge is 0.303 e. The van der Waals surface area contributed by atoms with Crippen molar-refractivity contribution in [2.24, 2.45) is 23.7 Å². The Bertz CT molecular complexity index is 324. The molecule has 0 saturated heterocycles. The van der Waals surface area contributed by atoms with E-state index in [1.54, 1.807) is 0 Å². The van der Waals surface area contributed by atoms with Crippen LogP contribution in [0.5, 0.6) is 0 Å². The van der Waals surface area contributed by atoms with Crippen LogP contribution in [0.4, 0.5) is 0 Å². The van der Waals surface area contributed by atoms with Crippen LogP contribution in [-0.4, -0.2) is 24.5 Å². The van der Waals surface area contributed by atoms with Gasteiger partial charge < -0.3 is 4.90 Å². The van der Waals surface area contributed by atoms with Crippen LogP contribution in [-0.2, 0) is 0 Å². The summed E-state index contributed by atoms with van der Waals surface area (Å²) in [5, 5.41) is 0. The molecule has 0 aliphatic rings. The van der Waals surface area contributed by atoms with E-state index in [9.17, 15) is 0 Å².